The van der Waals surface area contributed by atoms with Crippen LogP contribution in [0.3, 0.4) is 0 Å². The lowest BCUT2D eigenvalue weighted by Gasteiger charge is -2.04. The molecule has 0 aliphatic rings. The van der Waals surface area contributed by atoms with Crippen molar-refractivity contribution in [3.8, 4) is 0 Å². The van der Waals surface area contributed by atoms with Gasteiger partial charge in [0, 0.05) is 12.1 Å². The molecular weight excluding hydrogens is 176 g/mol. The van der Waals surface area contributed by atoms with E-state index in [0.29, 0.717) is 6.42 Å². The van der Waals surface area contributed by atoms with Gasteiger partial charge in [0.25, 0.3) is 0 Å². The van der Waals surface area contributed by atoms with E-state index in [2.05, 4.69) is 10.6 Å². The molecule has 0 aliphatic carbocycles. The van der Waals surface area contributed by atoms with Crippen molar-refractivity contribution >= 4 is 11.6 Å². The monoisotopic (exact) mass is 192 g/mol. The molecular formula is C11H16N2O. The molecule has 1 aromatic rings. The number of anilines is 1. The van der Waals surface area contributed by atoms with Crippen LogP contribution in [0.4, 0.5) is 5.69 Å². The number of benzene rings is 1. The van der Waals surface area contributed by atoms with Crippen molar-refractivity contribution in [2.45, 2.75) is 12.8 Å². The lowest BCUT2D eigenvalue weighted by Crippen LogP contribution is -2.15. The first kappa shape index (κ1) is 10.7. The zero-order valence-corrected chi connectivity index (χ0v) is 8.42. The quantitative estimate of drug-likeness (QED) is 0.696. The van der Waals surface area contributed by atoms with Crippen LogP contribution in [0.1, 0.15) is 12.8 Å². The molecule has 0 atom stereocenters. The lowest BCUT2D eigenvalue weighted by molar-refractivity contribution is -0.116. The molecule has 3 heteroatoms. The first-order chi connectivity index (χ1) is 6.83. The molecule has 0 spiro atoms. The van der Waals surface area contributed by atoms with E-state index in [1.165, 1.54) is 0 Å². The first-order valence-corrected chi connectivity index (χ1v) is 4.82. The van der Waals surface area contributed by atoms with E-state index < -0.39 is 0 Å². The third-order valence-corrected chi connectivity index (χ3v) is 1.89. The van der Waals surface area contributed by atoms with Gasteiger partial charge in [-0.15, -0.1) is 0 Å². The summed E-state index contributed by atoms with van der Waals surface area (Å²) in [5, 5.41) is 5.84. The minimum atomic E-state index is 0.0754. The Bertz CT molecular complexity index is 272. The van der Waals surface area contributed by atoms with Crippen LogP contribution >= 0.6 is 0 Å². The van der Waals surface area contributed by atoms with Gasteiger partial charge in [-0.3, -0.25) is 4.79 Å². The number of hydrogen-bond acceptors (Lipinski definition) is 2. The summed E-state index contributed by atoms with van der Waals surface area (Å²) in [6.07, 6.45) is 1.44. The van der Waals surface area contributed by atoms with Gasteiger partial charge >= 0.3 is 0 Å². The fourth-order valence-electron chi connectivity index (χ4n) is 1.17. The van der Waals surface area contributed by atoms with Gasteiger partial charge in [-0.1, -0.05) is 18.2 Å². The zero-order chi connectivity index (χ0) is 10.2. The van der Waals surface area contributed by atoms with Crippen molar-refractivity contribution in [3.05, 3.63) is 30.3 Å². The molecule has 1 aromatic carbocycles. The second-order valence-corrected chi connectivity index (χ2v) is 3.12. The molecule has 3 nitrogen and oxygen atoms in total. The van der Waals surface area contributed by atoms with Gasteiger partial charge < -0.3 is 10.6 Å². The van der Waals surface area contributed by atoms with Crippen LogP contribution in [0.2, 0.25) is 0 Å². The SMILES string of the molecule is CNCCCC(=O)Nc1ccccc1. The number of amides is 1. The predicted molar refractivity (Wildman–Crippen MR) is 58.2 cm³/mol. The third-order valence-electron chi connectivity index (χ3n) is 1.89. The largest absolute Gasteiger partial charge is 0.326 e. The van der Waals surface area contributed by atoms with Crippen LogP contribution in [0.25, 0.3) is 0 Å². The fraction of sp³-hybridized carbons (Fsp3) is 0.364. The molecule has 0 heterocycles. The predicted octanol–water partition coefficient (Wildman–Crippen LogP) is 1.62. The summed E-state index contributed by atoms with van der Waals surface area (Å²) >= 11 is 0. The molecule has 0 saturated carbocycles. The number of nitrogens with one attached hydrogen (secondary N) is 2. The molecule has 0 saturated heterocycles. The smallest absolute Gasteiger partial charge is 0.224 e. The number of hydrogen-bond donors (Lipinski definition) is 2. The van der Waals surface area contributed by atoms with E-state index in [1.807, 2.05) is 37.4 Å². The Morgan fingerprint density at radius 2 is 2.00 bits per heavy atom. The highest BCUT2D eigenvalue weighted by atomic mass is 16.1. The van der Waals surface area contributed by atoms with Crippen LogP contribution < -0.4 is 10.6 Å². The molecule has 0 unspecified atom stereocenters. The Morgan fingerprint density at radius 1 is 1.29 bits per heavy atom. The van der Waals surface area contributed by atoms with Gasteiger partial charge in [0.15, 0.2) is 0 Å². The zero-order valence-electron chi connectivity index (χ0n) is 8.42. The highest BCUT2D eigenvalue weighted by molar-refractivity contribution is 5.90. The van der Waals surface area contributed by atoms with Crippen molar-refractivity contribution in [1.29, 1.82) is 0 Å². The molecule has 0 fully saturated rings. The molecule has 0 aliphatic heterocycles. The van der Waals surface area contributed by atoms with Crippen LogP contribution in [0, 0.1) is 0 Å². The van der Waals surface area contributed by atoms with E-state index in [9.17, 15) is 4.79 Å². The van der Waals surface area contributed by atoms with Gasteiger partial charge in [-0.2, -0.15) is 0 Å². The Hall–Kier alpha value is -1.35. The Balaban J connectivity index is 2.27. The summed E-state index contributed by atoms with van der Waals surface area (Å²) in [5.41, 5.74) is 0.863. The Morgan fingerprint density at radius 3 is 2.64 bits per heavy atom. The van der Waals surface area contributed by atoms with Crippen LogP contribution in [-0.2, 0) is 4.79 Å². The topological polar surface area (TPSA) is 41.1 Å². The van der Waals surface area contributed by atoms with E-state index in [1.54, 1.807) is 0 Å². The number of carbonyl (C=O) groups excluding carboxylic acids is 1. The van der Waals surface area contributed by atoms with Gasteiger partial charge in [0.2, 0.25) is 5.91 Å². The summed E-state index contributed by atoms with van der Waals surface area (Å²) in [7, 11) is 1.88. The maximum absolute atomic E-state index is 11.3. The van der Waals surface area contributed by atoms with Crippen LogP contribution in [0.5, 0.6) is 0 Å². The second kappa shape index (κ2) is 6.16. The van der Waals surface area contributed by atoms with Gasteiger partial charge in [-0.25, -0.2) is 0 Å². The maximum Gasteiger partial charge on any atom is 0.224 e. The van der Waals surface area contributed by atoms with Crippen molar-refractivity contribution < 1.29 is 4.79 Å². The van der Waals surface area contributed by atoms with Gasteiger partial charge in [-0.05, 0) is 32.1 Å². The van der Waals surface area contributed by atoms with E-state index >= 15 is 0 Å². The number of rotatable bonds is 5. The second-order valence-electron chi connectivity index (χ2n) is 3.12. The minimum Gasteiger partial charge on any atom is -0.326 e. The normalized spacial score (nSPS) is 9.79. The third kappa shape index (κ3) is 4.05. The van der Waals surface area contributed by atoms with Crippen molar-refractivity contribution in [2.24, 2.45) is 0 Å². The average Bonchev–Trinajstić information content (AvgIpc) is 2.20. The minimum absolute atomic E-state index is 0.0754. The number of para-hydroxylation sites is 1. The van der Waals surface area contributed by atoms with Crippen LogP contribution in [0.15, 0.2) is 30.3 Å². The van der Waals surface area contributed by atoms with Crippen molar-refractivity contribution in [2.75, 3.05) is 18.9 Å². The van der Waals surface area contributed by atoms with Crippen LogP contribution in [-0.4, -0.2) is 19.5 Å². The fourth-order valence-corrected chi connectivity index (χ4v) is 1.17. The van der Waals surface area contributed by atoms with E-state index in [0.717, 1.165) is 18.7 Å². The summed E-state index contributed by atoms with van der Waals surface area (Å²) in [5.74, 6) is 0.0754. The summed E-state index contributed by atoms with van der Waals surface area (Å²) in [6.45, 7) is 0.877. The van der Waals surface area contributed by atoms with Crippen molar-refractivity contribution in [1.82, 2.24) is 5.32 Å². The molecule has 1 rings (SSSR count). The Labute approximate surface area is 84.5 Å². The molecule has 0 aromatic heterocycles. The Kier molecular flexibility index (Phi) is 4.72. The molecule has 1 amide bonds. The average molecular weight is 192 g/mol. The summed E-state index contributed by atoms with van der Waals surface area (Å²) in [6, 6.07) is 9.51. The molecule has 76 valence electrons. The molecule has 0 radical (unpaired) electrons. The highest BCUT2D eigenvalue weighted by Crippen LogP contribution is 2.05. The lowest BCUT2D eigenvalue weighted by atomic mass is 10.2. The molecule has 14 heavy (non-hydrogen) atoms. The number of carbonyl (C=O) groups is 1. The van der Waals surface area contributed by atoms with E-state index in [-0.39, 0.29) is 5.91 Å². The van der Waals surface area contributed by atoms with E-state index in [4.69, 9.17) is 0 Å². The first-order valence-electron chi connectivity index (χ1n) is 4.82. The maximum atomic E-state index is 11.3. The molecule has 0 bridgehead atoms. The summed E-state index contributed by atoms with van der Waals surface area (Å²) < 4.78 is 0. The van der Waals surface area contributed by atoms with Gasteiger partial charge in [0.05, 0.1) is 0 Å². The molecule has 2 N–H and O–H groups in total. The van der Waals surface area contributed by atoms with Gasteiger partial charge in [0.1, 0.15) is 0 Å². The summed E-state index contributed by atoms with van der Waals surface area (Å²) in [4.78, 5) is 11.3. The van der Waals surface area contributed by atoms with Crippen molar-refractivity contribution in [3.63, 3.8) is 0 Å². The highest BCUT2D eigenvalue weighted by Gasteiger charge is 2.00. The standard InChI is InChI=1S/C11H16N2O/c1-12-9-5-8-11(14)13-10-6-3-2-4-7-10/h2-4,6-7,12H,5,8-9H2,1H3,(H,13,14).